The van der Waals surface area contributed by atoms with E-state index in [1.54, 1.807) is 0 Å². The Morgan fingerprint density at radius 3 is 2.33 bits per heavy atom. The van der Waals surface area contributed by atoms with E-state index in [1.165, 1.54) is 6.92 Å². The van der Waals surface area contributed by atoms with Crippen LogP contribution in [0.1, 0.15) is 20.8 Å². The first-order valence-corrected chi connectivity index (χ1v) is 3.81. The van der Waals surface area contributed by atoms with Crippen LogP contribution in [0.4, 0.5) is 4.79 Å². The quantitative estimate of drug-likeness (QED) is 0.515. The Labute approximate surface area is 71.9 Å². The van der Waals surface area contributed by atoms with Gasteiger partial charge in [-0.15, -0.1) is 0 Å². The monoisotopic (exact) mass is 173 g/mol. The van der Waals surface area contributed by atoms with E-state index in [0.717, 1.165) is 0 Å². The first-order chi connectivity index (χ1) is 5.52. The number of hydrazine groups is 1. The molecule has 0 aromatic rings. The number of hydrogen-bond acceptors (Lipinski definition) is 3. The summed E-state index contributed by atoms with van der Waals surface area (Å²) in [4.78, 5) is 21.2. The molecular formula is C7H15N3O2. The van der Waals surface area contributed by atoms with Gasteiger partial charge in [-0.25, -0.2) is 10.2 Å². The average molecular weight is 173 g/mol. The molecule has 5 heteroatoms. The van der Waals surface area contributed by atoms with Crippen LogP contribution in [0.2, 0.25) is 0 Å². The van der Waals surface area contributed by atoms with Crippen LogP contribution in [0.15, 0.2) is 0 Å². The van der Waals surface area contributed by atoms with Gasteiger partial charge in [-0.05, 0) is 20.8 Å². The molecule has 0 saturated carbocycles. The Hall–Kier alpha value is -1.10. The van der Waals surface area contributed by atoms with E-state index in [0.29, 0.717) is 0 Å². The zero-order chi connectivity index (χ0) is 9.56. The molecule has 0 aliphatic carbocycles. The third kappa shape index (κ3) is 7.01. The number of carbonyl (C=O) groups excluding carboxylic acids is 2. The second-order valence-electron chi connectivity index (χ2n) is 2.81. The van der Waals surface area contributed by atoms with Gasteiger partial charge in [0.1, 0.15) is 5.78 Å². The minimum atomic E-state index is -0.390. The van der Waals surface area contributed by atoms with Crippen molar-refractivity contribution in [2.45, 2.75) is 26.8 Å². The van der Waals surface area contributed by atoms with Gasteiger partial charge in [0.05, 0.1) is 6.54 Å². The summed E-state index contributed by atoms with van der Waals surface area (Å²) in [5.74, 6) is -0.0744. The summed E-state index contributed by atoms with van der Waals surface area (Å²) in [6, 6.07) is -0.216. The molecule has 0 bridgehead atoms. The van der Waals surface area contributed by atoms with Gasteiger partial charge >= 0.3 is 6.03 Å². The Morgan fingerprint density at radius 1 is 1.33 bits per heavy atom. The molecule has 0 rings (SSSR count). The second kappa shape index (κ2) is 5.54. The second-order valence-corrected chi connectivity index (χ2v) is 2.81. The van der Waals surface area contributed by atoms with Crippen LogP contribution in [0.5, 0.6) is 0 Å². The van der Waals surface area contributed by atoms with Gasteiger partial charge < -0.3 is 5.32 Å². The fraction of sp³-hybridized carbons (Fsp3) is 0.714. The molecule has 0 spiro atoms. The molecule has 5 nitrogen and oxygen atoms in total. The van der Waals surface area contributed by atoms with Crippen LogP contribution in [0.3, 0.4) is 0 Å². The standard InChI is InChI=1S/C7H15N3O2/c1-5(2)9-10-7(12)8-4-6(3)11/h5,9H,4H2,1-3H3,(H2,8,10,12). The number of amides is 2. The van der Waals surface area contributed by atoms with E-state index in [9.17, 15) is 9.59 Å². The van der Waals surface area contributed by atoms with Gasteiger partial charge in [0, 0.05) is 6.04 Å². The van der Waals surface area contributed by atoms with E-state index in [-0.39, 0.29) is 24.4 Å². The molecular weight excluding hydrogens is 158 g/mol. The van der Waals surface area contributed by atoms with Crippen molar-refractivity contribution in [2.24, 2.45) is 0 Å². The number of ketones is 1. The molecule has 0 atom stereocenters. The Bertz CT molecular complexity index is 168. The van der Waals surface area contributed by atoms with E-state index in [4.69, 9.17) is 0 Å². The highest BCUT2D eigenvalue weighted by Gasteiger charge is 2.00. The molecule has 0 aliphatic rings. The number of rotatable bonds is 4. The van der Waals surface area contributed by atoms with Crippen LogP contribution in [0.25, 0.3) is 0 Å². The van der Waals surface area contributed by atoms with Crippen molar-refractivity contribution in [2.75, 3.05) is 6.54 Å². The van der Waals surface area contributed by atoms with Crippen molar-refractivity contribution in [1.82, 2.24) is 16.2 Å². The van der Waals surface area contributed by atoms with Crippen LogP contribution in [-0.2, 0) is 4.79 Å². The lowest BCUT2D eigenvalue weighted by Gasteiger charge is -2.09. The van der Waals surface area contributed by atoms with Crippen molar-refractivity contribution >= 4 is 11.8 Å². The minimum Gasteiger partial charge on any atom is -0.330 e. The highest BCUT2D eigenvalue weighted by molar-refractivity contribution is 5.83. The molecule has 0 fully saturated rings. The lowest BCUT2D eigenvalue weighted by molar-refractivity contribution is -0.116. The third-order valence-electron chi connectivity index (χ3n) is 0.972. The highest BCUT2D eigenvalue weighted by atomic mass is 16.2. The maximum atomic E-state index is 10.8. The third-order valence-corrected chi connectivity index (χ3v) is 0.972. The fourth-order valence-electron chi connectivity index (χ4n) is 0.459. The molecule has 2 amide bonds. The van der Waals surface area contributed by atoms with Gasteiger partial charge in [-0.2, -0.15) is 0 Å². The number of hydrogen-bond donors (Lipinski definition) is 3. The predicted molar refractivity (Wildman–Crippen MR) is 45.5 cm³/mol. The Balaban J connectivity index is 3.40. The summed E-state index contributed by atoms with van der Waals surface area (Å²) in [6.45, 7) is 5.26. The zero-order valence-corrected chi connectivity index (χ0v) is 7.60. The lowest BCUT2D eigenvalue weighted by Crippen LogP contribution is -2.47. The molecule has 0 radical (unpaired) electrons. The summed E-state index contributed by atoms with van der Waals surface area (Å²) in [5, 5.41) is 2.38. The largest absolute Gasteiger partial charge is 0.330 e. The molecule has 70 valence electrons. The highest BCUT2D eigenvalue weighted by Crippen LogP contribution is 1.71. The smallest absolute Gasteiger partial charge is 0.329 e. The molecule has 0 unspecified atom stereocenters. The summed E-state index contributed by atoms with van der Waals surface area (Å²) in [7, 11) is 0. The Morgan fingerprint density at radius 2 is 1.92 bits per heavy atom. The van der Waals surface area contributed by atoms with Gasteiger partial charge in [0.2, 0.25) is 0 Å². The van der Waals surface area contributed by atoms with Crippen LogP contribution < -0.4 is 16.2 Å². The van der Waals surface area contributed by atoms with E-state index < -0.39 is 0 Å². The predicted octanol–water partition coefficient (Wildman–Crippen LogP) is -0.212. The lowest BCUT2D eigenvalue weighted by atomic mass is 10.4. The first-order valence-electron chi connectivity index (χ1n) is 3.81. The summed E-state index contributed by atoms with van der Waals surface area (Å²) < 4.78 is 0. The topological polar surface area (TPSA) is 70.2 Å². The first kappa shape index (κ1) is 10.9. The fourth-order valence-corrected chi connectivity index (χ4v) is 0.459. The normalized spacial score (nSPS) is 9.67. The Kier molecular flexibility index (Phi) is 5.03. The van der Waals surface area contributed by atoms with Gasteiger partial charge in [0.15, 0.2) is 0 Å². The number of Topliss-reactive ketones (excluding diaryl/α,β-unsaturated/α-hetero) is 1. The van der Waals surface area contributed by atoms with Gasteiger partial charge in [-0.1, -0.05) is 0 Å². The van der Waals surface area contributed by atoms with E-state index in [1.807, 2.05) is 13.8 Å². The van der Waals surface area contributed by atoms with Gasteiger partial charge in [-0.3, -0.25) is 10.2 Å². The summed E-state index contributed by atoms with van der Waals surface area (Å²) in [5.41, 5.74) is 5.08. The molecule has 0 aromatic carbocycles. The summed E-state index contributed by atoms with van der Waals surface area (Å²) in [6.07, 6.45) is 0. The number of nitrogens with one attached hydrogen (secondary N) is 3. The SMILES string of the molecule is CC(=O)CNC(=O)NNC(C)C. The van der Waals surface area contributed by atoms with Crippen LogP contribution >= 0.6 is 0 Å². The maximum Gasteiger partial charge on any atom is 0.329 e. The molecule has 3 N–H and O–H groups in total. The van der Waals surface area contributed by atoms with Crippen molar-refractivity contribution in [3.05, 3.63) is 0 Å². The molecule has 0 aliphatic heterocycles. The zero-order valence-electron chi connectivity index (χ0n) is 7.60. The van der Waals surface area contributed by atoms with E-state index in [2.05, 4.69) is 16.2 Å². The van der Waals surface area contributed by atoms with Crippen molar-refractivity contribution < 1.29 is 9.59 Å². The summed E-state index contributed by atoms with van der Waals surface area (Å²) >= 11 is 0. The molecule has 0 heterocycles. The van der Waals surface area contributed by atoms with Crippen LogP contribution in [0, 0.1) is 0 Å². The van der Waals surface area contributed by atoms with Crippen molar-refractivity contribution in [1.29, 1.82) is 0 Å². The average Bonchev–Trinajstić information content (AvgIpc) is 1.96. The van der Waals surface area contributed by atoms with Crippen molar-refractivity contribution in [3.63, 3.8) is 0 Å². The van der Waals surface area contributed by atoms with Crippen LogP contribution in [-0.4, -0.2) is 24.4 Å². The maximum absolute atomic E-state index is 10.8. The minimum absolute atomic E-state index is 0.0611. The molecule has 12 heavy (non-hydrogen) atoms. The van der Waals surface area contributed by atoms with Gasteiger partial charge in [0.25, 0.3) is 0 Å². The molecule has 0 saturated heterocycles. The number of carbonyl (C=O) groups is 2. The van der Waals surface area contributed by atoms with E-state index >= 15 is 0 Å². The number of urea groups is 1. The van der Waals surface area contributed by atoms with Crippen molar-refractivity contribution in [3.8, 4) is 0 Å². The molecule has 0 aromatic heterocycles.